The van der Waals surface area contributed by atoms with Gasteiger partial charge in [0.1, 0.15) is 6.33 Å². The van der Waals surface area contributed by atoms with E-state index in [1.165, 1.54) is 6.33 Å². The third-order valence-corrected chi connectivity index (χ3v) is 6.18. The zero-order chi connectivity index (χ0) is 18.8. The third kappa shape index (κ3) is 3.44. The number of nitrogens with one attached hydrogen (secondary N) is 1. The van der Waals surface area contributed by atoms with Crippen LogP contribution in [-0.4, -0.2) is 22.1 Å². The highest BCUT2D eigenvalue weighted by Gasteiger charge is 2.15. The largest absolute Gasteiger partial charge is 0.366 e. The van der Waals surface area contributed by atoms with E-state index in [1.54, 1.807) is 41.0 Å². The zero-order valence-corrected chi connectivity index (χ0v) is 16.0. The summed E-state index contributed by atoms with van der Waals surface area (Å²) >= 11 is 3.21. The number of carbonyl (C=O) groups is 1. The van der Waals surface area contributed by atoms with Crippen molar-refractivity contribution in [3.05, 3.63) is 64.1 Å². The van der Waals surface area contributed by atoms with Gasteiger partial charge in [0.05, 0.1) is 16.4 Å². The minimum Gasteiger partial charge on any atom is -0.366 e. The lowest BCUT2D eigenvalue weighted by Gasteiger charge is -2.01. The fourth-order valence-corrected chi connectivity index (χ4v) is 4.48. The Morgan fingerprint density at radius 2 is 2.04 bits per heavy atom. The number of hydrogen-bond donors (Lipinski definition) is 2. The van der Waals surface area contributed by atoms with E-state index in [1.807, 2.05) is 36.6 Å². The zero-order valence-electron chi connectivity index (χ0n) is 14.3. The average molecular weight is 393 g/mol. The highest BCUT2D eigenvalue weighted by molar-refractivity contribution is 7.23. The summed E-state index contributed by atoms with van der Waals surface area (Å²) in [6.07, 6.45) is 3.30. The molecule has 1 amide bonds. The Balaban J connectivity index is 1.69. The Morgan fingerprint density at radius 1 is 1.22 bits per heavy atom. The van der Waals surface area contributed by atoms with Crippen molar-refractivity contribution in [3.8, 4) is 10.4 Å². The van der Waals surface area contributed by atoms with Gasteiger partial charge in [-0.25, -0.2) is 9.97 Å². The molecule has 0 saturated heterocycles. The molecule has 4 aromatic rings. The fourth-order valence-electron chi connectivity index (χ4n) is 2.69. The normalized spacial score (nSPS) is 11.3. The minimum absolute atomic E-state index is 0.435. The smallest absolute Gasteiger partial charge is 0.248 e. The number of thiophene rings is 2. The van der Waals surface area contributed by atoms with Gasteiger partial charge < -0.3 is 5.73 Å². The Morgan fingerprint density at radius 3 is 2.74 bits per heavy atom. The average Bonchev–Trinajstić information content (AvgIpc) is 3.31. The monoisotopic (exact) mass is 393 g/mol. The molecule has 134 valence electrons. The van der Waals surface area contributed by atoms with E-state index >= 15 is 0 Å². The Kier molecular flexibility index (Phi) is 4.66. The molecule has 0 aliphatic heterocycles. The van der Waals surface area contributed by atoms with Gasteiger partial charge in [0.15, 0.2) is 5.82 Å². The van der Waals surface area contributed by atoms with Crippen molar-refractivity contribution in [3.63, 3.8) is 0 Å². The van der Waals surface area contributed by atoms with Crippen molar-refractivity contribution in [2.45, 2.75) is 6.92 Å². The quantitative estimate of drug-likeness (QED) is 0.391. The number of rotatable bonds is 5. The molecule has 4 rings (SSSR count). The van der Waals surface area contributed by atoms with Gasteiger partial charge in [-0.1, -0.05) is 18.2 Å². The Labute approximate surface area is 163 Å². The lowest BCUT2D eigenvalue weighted by atomic mass is 10.1. The summed E-state index contributed by atoms with van der Waals surface area (Å²) in [7, 11) is 0. The number of nitrogens with two attached hydrogens (primary N) is 1. The van der Waals surface area contributed by atoms with E-state index in [9.17, 15) is 4.79 Å². The van der Waals surface area contributed by atoms with Crippen LogP contribution in [0, 0.1) is 6.92 Å². The van der Waals surface area contributed by atoms with Crippen LogP contribution in [0.1, 0.15) is 20.8 Å². The molecular weight excluding hydrogens is 378 g/mol. The number of hydrogen-bond acceptors (Lipinski definition) is 7. The van der Waals surface area contributed by atoms with E-state index in [0.29, 0.717) is 11.4 Å². The predicted octanol–water partition coefficient (Wildman–Crippen LogP) is 4.27. The standard InChI is InChI=1S/C19H15N5OS2/c1-11-15-17(27-16(11)12-4-6-13(7-5-12)18(20)25)19(22-10-21-15)24-23-9-14-3-2-8-26-14/h2-10H,1H3,(H2,20,25)(H,21,22,24). The Bertz CT molecular complexity index is 1130. The van der Waals surface area contributed by atoms with Gasteiger partial charge in [0, 0.05) is 15.3 Å². The lowest BCUT2D eigenvalue weighted by Crippen LogP contribution is -2.10. The summed E-state index contributed by atoms with van der Waals surface area (Å²) in [6.45, 7) is 2.03. The van der Waals surface area contributed by atoms with Crippen LogP contribution in [-0.2, 0) is 0 Å². The first kappa shape index (κ1) is 17.3. The molecule has 1 aromatic carbocycles. The number of primary amides is 1. The molecule has 6 nitrogen and oxygen atoms in total. The van der Waals surface area contributed by atoms with Crippen molar-refractivity contribution < 1.29 is 4.79 Å². The van der Waals surface area contributed by atoms with E-state index in [4.69, 9.17) is 5.73 Å². The molecule has 0 aliphatic carbocycles. The van der Waals surface area contributed by atoms with Crippen LogP contribution in [0.25, 0.3) is 20.7 Å². The number of aromatic nitrogens is 2. The van der Waals surface area contributed by atoms with Gasteiger partial charge in [-0.2, -0.15) is 5.10 Å². The number of amides is 1. The maximum Gasteiger partial charge on any atom is 0.248 e. The summed E-state index contributed by atoms with van der Waals surface area (Å²) in [5, 5.41) is 6.28. The molecular formula is C19H15N5OS2. The van der Waals surface area contributed by atoms with Gasteiger partial charge in [0.2, 0.25) is 5.91 Å². The van der Waals surface area contributed by atoms with Crippen LogP contribution in [0.5, 0.6) is 0 Å². The fraction of sp³-hybridized carbons (Fsp3) is 0.0526. The summed E-state index contributed by atoms with van der Waals surface area (Å²) in [4.78, 5) is 22.2. The van der Waals surface area contributed by atoms with Gasteiger partial charge in [-0.15, -0.1) is 22.7 Å². The van der Waals surface area contributed by atoms with Crippen molar-refractivity contribution in [2.75, 3.05) is 5.43 Å². The first-order chi connectivity index (χ1) is 13.1. The van der Waals surface area contributed by atoms with Gasteiger partial charge >= 0.3 is 0 Å². The summed E-state index contributed by atoms with van der Waals surface area (Å²) in [6, 6.07) is 11.2. The van der Waals surface area contributed by atoms with Gasteiger partial charge in [0.25, 0.3) is 0 Å². The van der Waals surface area contributed by atoms with Gasteiger partial charge in [-0.05, 0) is 41.6 Å². The van der Waals surface area contributed by atoms with Gasteiger partial charge in [-0.3, -0.25) is 10.2 Å². The summed E-state index contributed by atoms with van der Waals surface area (Å²) < 4.78 is 0.937. The van der Waals surface area contributed by atoms with Crippen molar-refractivity contribution in [1.82, 2.24) is 9.97 Å². The lowest BCUT2D eigenvalue weighted by molar-refractivity contribution is 0.100. The van der Waals surface area contributed by atoms with E-state index < -0.39 is 5.91 Å². The van der Waals surface area contributed by atoms with Crippen molar-refractivity contribution >= 4 is 50.8 Å². The molecule has 0 atom stereocenters. The topological polar surface area (TPSA) is 93.3 Å². The maximum atomic E-state index is 11.3. The second kappa shape index (κ2) is 7.26. The molecule has 0 aliphatic rings. The van der Waals surface area contributed by atoms with E-state index in [2.05, 4.69) is 20.5 Å². The van der Waals surface area contributed by atoms with Crippen LogP contribution in [0.2, 0.25) is 0 Å². The number of nitrogens with zero attached hydrogens (tertiary/aromatic N) is 3. The number of benzene rings is 1. The van der Waals surface area contributed by atoms with Crippen LogP contribution in [0.4, 0.5) is 5.82 Å². The molecule has 0 radical (unpaired) electrons. The highest BCUT2D eigenvalue weighted by Crippen LogP contribution is 2.39. The highest BCUT2D eigenvalue weighted by atomic mass is 32.1. The van der Waals surface area contributed by atoms with Crippen LogP contribution in [0.15, 0.2) is 53.2 Å². The predicted molar refractivity (Wildman–Crippen MR) is 112 cm³/mol. The third-order valence-electron chi connectivity index (χ3n) is 4.04. The molecule has 27 heavy (non-hydrogen) atoms. The first-order valence-corrected chi connectivity index (χ1v) is 9.80. The van der Waals surface area contributed by atoms with E-state index in [0.717, 1.165) is 31.1 Å². The summed E-state index contributed by atoms with van der Waals surface area (Å²) in [5.74, 6) is 0.233. The number of fused-ring (bicyclic) bond motifs is 1. The molecule has 3 N–H and O–H groups in total. The molecule has 3 aromatic heterocycles. The molecule has 0 spiro atoms. The molecule has 0 unspecified atom stereocenters. The molecule has 0 bridgehead atoms. The second-order valence-electron chi connectivity index (χ2n) is 5.78. The van der Waals surface area contributed by atoms with Crippen LogP contribution in [0.3, 0.4) is 0 Å². The van der Waals surface area contributed by atoms with Crippen LogP contribution < -0.4 is 11.2 Å². The minimum atomic E-state index is -0.435. The summed E-state index contributed by atoms with van der Waals surface area (Å²) in [5.41, 5.74) is 11.8. The first-order valence-electron chi connectivity index (χ1n) is 8.10. The number of carbonyl (C=O) groups excluding carboxylic acids is 1. The van der Waals surface area contributed by atoms with Crippen molar-refractivity contribution in [1.29, 1.82) is 0 Å². The molecule has 0 saturated carbocycles. The molecule has 0 fully saturated rings. The molecule has 3 heterocycles. The van der Waals surface area contributed by atoms with Crippen LogP contribution >= 0.6 is 22.7 Å². The maximum absolute atomic E-state index is 11.3. The number of aryl methyl sites for hydroxylation is 1. The SMILES string of the molecule is Cc1c(-c2ccc(C(N)=O)cc2)sc2c(NN=Cc3cccs3)ncnc12. The number of anilines is 1. The molecule has 8 heteroatoms. The second-order valence-corrected chi connectivity index (χ2v) is 7.78. The van der Waals surface area contributed by atoms with E-state index in [-0.39, 0.29) is 0 Å². The number of hydrazone groups is 1. The van der Waals surface area contributed by atoms with Crippen molar-refractivity contribution in [2.24, 2.45) is 10.8 Å². The Hall–Kier alpha value is -3.10.